The van der Waals surface area contributed by atoms with Crippen molar-refractivity contribution in [2.45, 2.75) is 44.2 Å². The van der Waals surface area contributed by atoms with Crippen molar-refractivity contribution in [3.05, 3.63) is 26.9 Å². The highest BCUT2D eigenvalue weighted by Gasteiger charge is 2.57. The monoisotopic (exact) mass is 281 g/mol. The molecular formula is C12H15N3O5. The Bertz CT molecular complexity index is 678. The van der Waals surface area contributed by atoms with E-state index in [2.05, 4.69) is 10.3 Å². The summed E-state index contributed by atoms with van der Waals surface area (Å²) >= 11 is 0. The van der Waals surface area contributed by atoms with Gasteiger partial charge in [0.05, 0.1) is 0 Å². The molecule has 20 heavy (non-hydrogen) atoms. The third kappa shape index (κ3) is 1.58. The molecule has 1 aromatic rings. The van der Waals surface area contributed by atoms with Crippen LogP contribution < -0.4 is 16.6 Å². The summed E-state index contributed by atoms with van der Waals surface area (Å²) in [6.07, 6.45) is -1.41. The Morgan fingerprint density at radius 2 is 2.05 bits per heavy atom. The zero-order chi connectivity index (χ0) is 14.1. The number of H-pyrrole nitrogens is 1. The molecular weight excluding hydrogens is 266 g/mol. The number of rotatable bonds is 0. The number of aromatic nitrogens is 2. The maximum absolute atomic E-state index is 12.1. The lowest BCUT2D eigenvalue weighted by atomic mass is 10.1. The van der Waals surface area contributed by atoms with Gasteiger partial charge in [0.25, 0.3) is 5.56 Å². The van der Waals surface area contributed by atoms with Crippen molar-refractivity contribution >= 4 is 5.82 Å². The third-order valence-corrected chi connectivity index (χ3v) is 3.84. The largest absolute Gasteiger partial charge is 0.368 e. The van der Waals surface area contributed by atoms with E-state index in [0.717, 1.165) is 0 Å². The van der Waals surface area contributed by atoms with Crippen LogP contribution in [0.1, 0.15) is 20.1 Å². The summed E-state index contributed by atoms with van der Waals surface area (Å²) < 4.78 is 18.9. The zero-order valence-electron chi connectivity index (χ0n) is 11.1. The number of ether oxygens (including phenoxy) is 3. The fourth-order valence-corrected chi connectivity index (χ4v) is 3.13. The van der Waals surface area contributed by atoms with Crippen molar-refractivity contribution < 1.29 is 14.2 Å². The maximum Gasteiger partial charge on any atom is 0.332 e. The predicted molar refractivity (Wildman–Crippen MR) is 67.5 cm³/mol. The second-order valence-electron chi connectivity index (χ2n) is 5.70. The molecule has 2 N–H and O–H groups in total. The molecule has 0 unspecified atom stereocenters. The molecule has 2 saturated heterocycles. The van der Waals surface area contributed by atoms with E-state index >= 15 is 0 Å². The minimum absolute atomic E-state index is 0.221. The van der Waals surface area contributed by atoms with Gasteiger partial charge in [-0.2, -0.15) is 0 Å². The summed E-state index contributed by atoms with van der Waals surface area (Å²) in [5.41, 5.74) is -0.952. The van der Waals surface area contributed by atoms with E-state index < -0.39 is 23.3 Å². The molecule has 0 saturated carbocycles. The van der Waals surface area contributed by atoms with Gasteiger partial charge in [0, 0.05) is 12.6 Å². The van der Waals surface area contributed by atoms with Crippen LogP contribution in [-0.2, 0) is 14.2 Å². The molecule has 0 radical (unpaired) electrons. The van der Waals surface area contributed by atoms with Gasteiger partial charge in [-0.3, -0.25) is 9.78 Å². The van der Waals surface area contributed by atoms with Crippen molar-refractivity contribution in [2.24, 2.45) is 0 Å². The minimum atomic E-state index is -0.702. The van der Waals surface area contributed by atoms with E-state index in [-0.39, 0.29) is 18.3 Å². The van der Waals surface area contributed by atoms with Gasteiger partial charge < -0.3 is 19.5 Å². The Kier molecular flexibility index (Phi) is 2.25. The minimum Gasteiger partial charge on any atom is -0.368 e. The van der Waals surface area contributed by atoms with Gasteiger partial charge in [-0.05, 0) is 13.8 Å². The highest BCUT2D eigenvalue weighted by atomic mass is 16.8. The lowest BCUT2D eigenvalue weighted by Gasteiger charge is -2.23. The van der Waals surface area contributed by atoms with Gasteiger partial charge >= 0.3 is 5.69 Å². The van der Waals surface area contributed by atoms with Crippen molar-refractivity contribution in [1.82, 2.24) is 9.55 Å². The second-order valence-corrected chi connectivity index (χ2v) is 5.70. The van der Waals surface area contributed by atoms with Crippen molar-refractivity contribution in [1.29, 1.82) is 0 Å². The Morgan fingerprint density at radius 3 is 2.85 bits per heavy atom. The maximum atomic E-state index is 12.1. The van der Waals surface area contributed by atoms with Gasteiger partial charge in [0.1, 0.15) is 24.1 Å². The molecule has 0 amide bonds. The summed E-state index contributed by atoms with van der Waals surface area (Å²) in [6, 6.07) is 1.35. The molecule has 0 spiro atoms. The Morgan fingerprint density at radius 1 is 1.30 bits per heavy atom. The molecule has 8 heteroatoms. The van der Waals surface area contributed by atoms with Crippen LogP contribution in [0.15, 0.2) is 15.7 Å². The van der Waals surface area contributed by atoms with E-state index in [1.54, 1.807) is 0 Å². The van der Waals surface area contributed by atoms with Crippen molar-refractivity contribution in [3.63, 3.8) is 0 Å². The summed E-state index contributed by atoms with van der Waals surface area (Å²) in [6.45, 7) is 4.13. The Balaban J connectivity index is 1.85. The molecule has 4 heterocycles. The first-order valence-electron chi connectivity index (χ1n) is 6.55. The van der Waals surface area contributed by atoms with Gasteiger partial charge in [-0.25, -0.2) is 9.36 Å². The van der Waals surface area contributed by atoms with Crippen molar-refractivity contribution in [2.75, 3.05) is 11.9 Å². The van der Waals surface area contributed by atoms with Crippen LogP contribution in [-0.4, -0.2) is 40.2 Å². The average Bonchev–Trinajstić information content (AvgIpc) is 2.72. The molecule has 2 fully saturated rings. The lowest BCUT2D eigenvalue weighted by molar-refractivity contribution is -0.194. The molecule has 108 valence electrons. The molecule has 8 nitrogen and oxygen atoms in total. The standard InChI is InChI=1S/C12H15N3O5/c1-12(2)19-8-5-4-13-6-3-7(16)14-11(17)15(6)10(18-5)9(8)20-12/h3,5,8-10,13H,4H2,1-2H3,(H,14,16,17)/t5-,8-,9-,10-/m1/s1. The number of nitrogens with one attached hydrogen (secondary N) is 2. The third-order valence-electron chi connectivity index (χ3n) is 3.84. The predicted octanol–water partition coefficient (Wildman–Crippen LogP) is -0.620. The summed E-state index contributed by atoms with van der Waals surface area (Å²) in [5.74, 6) is -0.260. The number of nitrogens with zero attached hydrogens (tertiary/aromatic N) is 1. The molecule has 4 atom stereocenters. The number of fused-ring (bicyclic) bond motifs is 7. The topological polar surface area (TPSA) is 94.6 Å². The van der Waals surface area contributed by atoms with E-state index in [1.165, 1.54) is 10.6 Å². The quantitative estimate of drug-likeness (QED) is 0.658. The molecule has 0 aliphatic carbocycles. The van der Waals surface area contributed by atoms with Crippen LogP contribution >= 0.6 is 0 Å². The Labute approximate surface area is 113 Å². The van der Waals surface area contributed by atoms with Crippen LogP contribution in [0.25, 0.3) is 0 Å². The molecule has 4 rings (SSSR count). The average molecular weight is 281 g/mol. The smallest absolute Gasteiger partial charge is 0.332 e. The fourth-order valence-electron chi connectivity index (χ4n) is 3.13. The van der Waals surface area contributed by atoms with E-state index in [9.17, 15) is 9.59 Å². The van der Waals surface area contributed by atoms with E-state index in [0.29, 0.717) is 12.4 Å². The highest BCUT2D eigenvalue weighted by Crippen LogP contribution is 2.44. The summed E-state index contributed by atoms with van der Waals surface area (Å²) in [5, 5.41) is 3.06. The molecule has 2 bridgehead atoms. The SMILES string of the molecule is CC1(C)O[C@@H]2[C@H](O1)[C@H]1CNc3cc(=O)[nH]c(=O)n3[C@@H]2O1. The first-order valence-corrected chi connectivity index (χ1v) is 6.55. The number of hydrogen-bond donors (Lipinski definition) is 2. The molecule has 1 aromatic heterocycles. The fraction of sp³-hybridized carbons (Fsp3) is 0.667. The number of anilines is 1. The first-order chi connectivity index (χ1) is 9.44. The normalized spacial score (nSPS) is 36.9. The van der Waals surface area contributed by atoms with Crippen LogP contribution in [0.4, 0.5) is 5.82 Å². The number of aromatic amines is 1. The van der Waals surface area contributed by atoms with Gasteiger partial charge in [-0.15, -0.1) is 0 Å². The van der Waals surface area contributed by atoms with E-state index in [1.807, 2.05) is 13.8 Å². The molecule has 3 aliphatic heterocycles. The molecule has 0 aromatic carbocycles. The second kappa shape index (κ2) is 3.72. The number of hydrogen-bond acceptors (Lipinski definition) is 6. The molecule has 3 aliphatic rings. The van der Waals surface area contributed by atoms with Gasteiger partial charge in [0.2, 0.25) is 0 Å². The summed E-state index contributed by atoms with van der Waals surface area (Å²) in [7, 11) is 0. The van der Waals surface area contributed by atoms with Crippen LogP contribution in [0.5, 0.6) is 0 Å². The van der Waals surface area contributed by atoms with Crippen LogP contribution in [0, 0.1) is 0 Å². The first kappa shape index (κ1) is 12.1. The van der Waals surface area contributed by atoms with Crippen LogP contribution in [0.2, 0.25) is 0 Å². The van der Waals surface area contributed by atoms with Gasteiger partial charge in [-0.1, -0.05) is 0 Å². The van der Waals surface area contributed by atoms with Crippen molar-refractivity contribution in [3.8, 4) is 0 Å². The van der Waals surface area contributed by atoms with E-state index in [4.69, 9.17) is 14.2 Å². The van der Waals surface area contributed by atoms with Crippen LogP contribution in [0.3, 0.4) is 0 Å². The van der Waals surface area contributed by atoms with Gasteiger partial charge in [0.15, 0.2) is 12.0 Å². The highest BCUT2D eigenvalue weighted by molar-refractivity contribution is 5.36. The zero-order valence-corrected chi connectivity index (χ0v) is 11.1. The Hall–Kier alpha value is -1.64. The summed E-state index contributed by atoms with van der Waals surface area (Å²) in [4.78, 5) is 25.7. The lowest BCUT2D eigenvalue weighted by Crippen LogP contribution is -2.40.